The van der Waals surface area contributed by atoms with E-state index in [1.807, 2.05) is 43.3 Å². The first-order valence-corrected chi connectivity index (χ1v) is 6.19. The molecule has 0 aliphatic rings. The Kier molecular flexibility index (Phi) is 4.31. The van der Waals surface area contributed by atoms with E-state index in [2.05, 4.69) is 10.3 Å². The van der Waals surface area contributed by atoms with E-state index in [9.17, 15) is 0 Å². The van der Waals surface area contributed by atoms with Gasteiger partial charge in [-0.1, -0.05) is 17.3 Å². The van der Waals surface area contributed by atoms with Crippen LogP contribution in [0.25, 0.3) is 0 Å². The minimum atomic E-state index is 0.0844. The number of aromatic nitrogens is 3. The Morgan fingerprint density at radius 3 is 2.60 bits per heavy atom. The fraction of sp³-hybridized carbons (Fsp3) is 0.286. The Labute approximate surface area is 116 Å². The highest BCUT2D eigenvalue weighted by Gasteiger charge is 2.12. The quantitative estimate of drug-likeness (QED) is 0.822. The highest BCUT2D eigenvalue weighted by molar-refractivity contribution is 5.33. The molecule has 6 heteroatoms. The van der Waals surface area contributed by atoms with Crippen molar-refractivity contribution in [1.82, 2.24) is 15.0 Å². The van der Waals surface area contributed by atoms with Crippen LogP contribution in [0.3, 0.4) is 0 Å². The average molecular weight is 267 g/mol. The van der Waals surface area contributed by atoms with Crippen LogP contribution in [-0.2, 0) is 13.0 Å². The second kappa shape index (κ2) is 6.35. The number of nitrogens with zero attached hydrogens (tertiary/aromatic N) is 5. The number of hydrogen-bond donors (Lipinski definition) is 0. The van der Waals surface area contributed by atoms with Gasteiger partial charge in [-0.25, -0.2) is 4.68 Å². The Balaban J connectivity index is 2.23. The number of benzene rings is 1. The molecule has 1 aromatic heterocycles. The van der Waals surface area contributed by atoms with Crippen LogP contribution in [0.2, 0.25) is 0 Å². The van der Waals surface area contributed by atoms with Crippen molar-refractivity contribution in [2.75, 3.05) is 6.61 Å². The first-order chi connectivity index (χ1) is 9.78. The van der Waals surface area contributed by atoms with Gasteiger partial charge < -0.3 is 4.74 Å². The van der Waals surface area contributed by atoms with Crippen LogP contribution in [-0.4, -0.2) is 21.6 Å². The van der Waals surface area contributed by atoms with Crippen molar-refractivity contribution in [3.05, 3.63) is 41.2 Å². The Bertz CT molecular complexity index is 660. The summed E-state index contributed by atoms with van der Waals surface area (Å²) in [6, 6.07) is 11.6. The van der Waals surface area contributed by atoms with Crippen molar-refractivity contribution in [1.29, 1.82) is 10.5 Å². The van der Waals surface area contributed by atoms with Crippen molar-refractivity contribution in [2.24, 2.45) is 0 Å². The van der Waals surface area contributed by atoms with Crippen molar-refractivity contribution in [3.8, 4) is 17.9 Å². The molecule has 2 aromatic rings. The predicted octanol–water partition coefficient (Wildman–Crippen LogP) is 1.66. The largest absolute Gasteiger partial charge is 0.494 e. The summed E-state index contributed by atoms with van der Waals surface area (Å²) in [5.41, 5.74) is 1.92. The maximum atomic E-state index is 9.02. The second-order valence-electron chi connectivity index (χ2n) is 4.07. The van der Waals surface area contributed by atoms with E-state index >= 15 is 0 Å². The summed E-state index contributed by atoms with van der Waals surface area (Å²) in [5.74, 6) is 0.806. The van der Waals surface area contributed by atoms with Crippen molar-refractivity contribution >= 4 is 0 Å². The zero-order chi connectivity index (χ0) is 14.4. The topological polar surface area (TPSA) is 87.5 Å². The van der Waals surface area contributed by atoms with Crippen LogP contribution in [0.1, 0.15) is 23.9 Å². The van der Waals surface area contributed by atoms with Crippen LogP contribution < -0.4 is 4.74 Å². The standard InChI is InChI=1S/C14H13N5O/c1-2-20-12-5-3-11(4-6-12)9-14-13(10-16)17-18-19(14)8-7-15/h3-6H,2,8-9H2,1H3. The molecular weight excluding hydrogens is 254 g/mol. The summed E-state index contributed by atoms with van der Waals surface area (Å²) in [7, 11) is 0. The van der Waals surface area contributed by atoms with Crippen LogP contribution in [0.4, 0.5) is 0 Å². The molecule has 0 N–H and O–H groups in total. The highest BCUT2D eigenvalue weighted by atomic mass is 16.5. The summed E-state index contributed by atoms with van der Waals surface area (Å²) in [5, 5.41) is 25.4. The Hall–Kier alpha value is -2.86. The van der Waals surface area contributed by atoms with E-state index in [1.54, 1.807) is 0 Å². The Morgan fingerprint density at radius 1 is 1.25 bits per heavy atom. The molecule has 0 unspecified atom stereocenters. The van der Waals surface area contributed by atoms with E-state index in [4.69, 9.17) is 15.3 Å². The van der Waals surface area contributed by atoms with Crippen LogP contribution in [0.15, 0.2) is 24.3 Å². The molecule has 0 spiro atoms. The zero-order valence-electron chi connectivity index (χ0n) is 11.1. The van der Waals surface area contributed by atoms with E-state index < -0.39 is 0 Å². The van der Waals surface area contributed by atoms with Gasteiger partial charge in [0.2, 0.25) is 0 Å². The smallest absolute Gasteiger partial charge is 0.186 e. The minimum absolute atomic E-state index is 0.0844. The molecule has 0 atom stereocenters. The van der Waals surface area contributed by atoms with Crippen LogP contribution in [0, 0.1) is 22.7 Å². The van der Waals surface area contributed by atoms with E-state index in [-0.39, 0.29) is 12.2 Å². The molecular formula is C14H13N5O. The SMILES string of the molecule is CCOc1ccc(Cc2c(C#N)nnn2CC#N)cc1. The summed E-state index contributed by atoms with van der Waals surface area (Å²) < 4.78 is 6.83. The molecule has 0 bridgehead atoms. The summed E-state index contributed by atoms with van der Waals surface area (Å²) in [6.07, 6.45) is 0.504. The minimum Gasteiger partial charge on any atom is -0.494 e. The lowest BCUT2D eigenvalue weighted by Crippen LogP contribution is -2.05. The number of ether oxygens (including phenoxy) is 1. The summed E-state index contributed by atoms with van der Waals surface area (Å²) >= 11 is 0. The van der Waals surface area contributed by atoms with Crippen molar-refractivity contribution in [3.63, 3.8) is 0 Å². The van der Waals surface area contributed by atoms with Gasteiger partial charge in [0.05, 0.1) is 18.4 Å². The molecule has 6 nitrogen and oxygen atoms in total. The average Bonchev–Trinajstić information content (AvgIpc) is 2.84. The van der Waals surface area contributed by atoms with E-state index in [0.717, 1.165) is 11.3 Å². The summed E-state index contributed by atoms with van der Waals surface area (Å²) in [6.45, 7) is 2.64. The third kappa shape index (κ3) is 2.93. The number of hydrogen-bond acceptors (Lipinski definition) is 5. The van der Waals surface area contributed by atoms with Crippen molar-refractivity contribution < 1.29 is 4.74 Å². The predicted molar refractivity (Wildman–Crippen MR) is 70.8 cm³/mol. The maximum absolute atomic E-state index is 9.02. The van der Waals surface area contributed by atoms with Gasteiger partial charge in [-0.2, -0.15) is 10.5 Å². The van der Waals surface area contributed by atoms with Gasteiger partial charge in [0.25, 0.3) is 0 Å². The normalized spacial score (nSPS) is 9.75. The molecule has 1 aromatic carbocycles. The molecule has 2 rings (SSSR count). The number of nitriles is 2. The molecule has 0 radical (unpaired) electrons. The van der Waals surface area contributed by atoms with Gasteiger partial charge >= 0.3 is 0 Å². The lowest BCUT2D eigenvalue weighted by atomic mass is 10.1. The molecule has 0 fully saturated rings. The van der Waals surface area contributed by atoms with Gasteiger partial charge in [-0.15, -0.1) is 5.10 Å². The molecule has 0 saturated carbocycles. The fourth-order valence-corrected chi connectivity index (χ4v) is 1.85. The molecule has 1 heterocycles. The van der Waals surface area contributed by atoms with Gasteiger partial charge in [0, 0.05) is 6.42 Å². The fourth-order valence-electron chi connectivity index (χ4n) is 1.85. The second-order valence-corrected chi connectivity index (χ2v) is 4.07. The first kappa shape index (κ1) is 13.6. The first-order valence-electron chi connectivity index (χ1n) is 6.19. The van der Waals surface area contributed by atoms with Crippen LogP contribution >= 0.6 is 0 Å². The van der Waals surface area contributed by atoms with Crippen molar-refractivity contribution in [2.45, 2.75) is 19.9 Å². The van der Waals surface area contributed by atoms with Gasteiger partial charge in [-0.05, 0) is 24.6 Å². The zero-order valence-corrected chi connectivity index (χ0v) is 11.1. The molecule has 20 heavy (non-hydrogen) atoms. The summed E-state index contributed by atoms with van der Waals surface area (Å²) in [4.78, 5) is 0. The molecule has 0 aliphatic carbocycles. The lowest BCUT2D eigenvalue weighted by molar-refractivity contribution is 0.340. The van der Waals surface area contributed by atoms with E-state index in [0.29, 0.717) is 18.7 Å². The van der Waals surface area contributed by atoms with Crippen LogP contribution in [0.5, 0.6) is 5.75 Å². The lowest BCUT2D eigenvalue weighted by Gasteiger charge is -2.06. The molecule has 100 valence electrons. The maximum Gasteiger partial charge on any atom is 0.186 e. The monoisotopic (exact) mass is 267 g/mol. The van der Waals surface area contributed by atoms with Gasteiger partial charge in [0.1, 0.15) is 18.4 Å². The van der Waals surface area contributed by atoms with Gasteiger partial charge in [-0.3, -0.25) is 0 Å². The highest BCUT2D eigenvalue weighted by Crippen LogP contribution is 2.16. The van der Waals surface area contributed by atoms with Gasteiger partial charge in [0.15, 0.2) is 5.69 Å². The molecule has 0 amide bonds. The third-order valence-corrected chi connectivity index (χ3v) is 2.77. The molecule has 0 aliphatic heterocycles. The van der Waals surface area contributed by atoms with E-state index in [1.165, 1.54) is 4.68 Å². The molecule has 0 saturated heterocycles. The number of rotatable bonds is 5. The Morgan fingerprint density at radius 2 is 2.00 bits per heavy atom. The third-order valence-electron chi connectivity index (χ3n) is 2.77.